The van der Waals surface area contributed by atoms with Crippen molar-refractivity contribution in [3.8, 4) is 0 Å². The van der Waals surface area contributed by atoms with Gasteiger partial charge >= 0.3 is 5.97 Å². The summed E-state index contributed by atoms with van der Waals surface area (Å²) >= 11 is 0. The van der Waals surface area contributed by atoms with Crippen LogP contribution < -0.4 is 0 Å². The number of nitrogens with zero attached hydrogens (tertiary/aromatic N) is 1. The number of carboxylic acids is 1. The van der Waals surface area contributed by atoms with E-state index in [0.29, 0.717) is 0 Å². The standard InChI is InChI=1S/C16H23NO6S2/c1-12-4-6-13(7-5-12)14-10-16(2,15(18)19)17(11-14)25(22,23)9-8-24(3,20)21/h4-7,14H,8-11H2,1-3H3,(H,18,19). The van der Waals surface area contributed by atoms with Crippen LogP contribution >= 0.6 is 0 Å². The van der Waals surface area contributed by atoms with E-state index in [9.17, 15) is 26.7 Å². The Kier molecular flexibility index (Phi) is 5.32. The molecule has 1 aliphatic heterocycles. The van der Waals surface area contributed by atoms with Gasteiger partial charge in [-0.25, -0.2) is 16.8 Å². The van der Waals surface area contributed by atoms with Crippen LogP contribution in [-0.2, 0) is 24.7 Å². The van der Waals surface area contributed by atoms with Crippen LogP contribution in [0, 0.1) is 6.92 Å². The third-order valence-corrected chi connectivity index (χ3v) is 7.79. The molecule has 2 unspecified atom stereocenters. The zero-order chi connectivity index (χ0) is 19.0. The largest absolute Gasteiger partial charge is 0.480 e. The van der Waals surface area contributed by atoms with Gasteiger partial charge in [-0.05, 0) is 25.8 Å². The molecule has 7 nitrogen and oxygen atoms in total. The summed E-state index contributed by atoms with van der Waals surface area (Å²) < 4.78 is 48.8. The molecule has 1 fully saturated rings. The van der Waals surface area contributed by atoms with Crippen LogP contribution in [0.25, 0.3) is 0 Å². The van der Waals surface area contributed by atoms with Crippen molar-refractivity contribution in [2.75, 3.05) is 24.3 Å². The molecule has 0 amide bonds. The summed E-state index contributed by atoms with van der Waals surface area (Å²) in [5.41, 5.74) is 0.338. The lowest BCUT2D eigenvalue weighted by Gasteiger charge is -2.29. The molecule has 2 atom stereocenters. The molecule has 0 aromatic heterocycles. The van der Waals surface area contributed by atoms with E-state index >= 15 is 0 Å². The molecule has 0 aliphatic carbocycles. The van der Waals surface area contributed by atoms with Crippen LogP contribution in [0.3, 0.4) is 0 Å². The summed E-state index contributed by atoms with van der Waals surface area (Å²) in [5, 5.41) is 9.62. The van der Waals surface area contributed by atoms with Crippen LogP contribution in [0.1, 0.15) is 30.4 Å². The van der Waals surface area contributed by atoms with Crippen molar-refractivity contribution in [2.45, 2.75) is 31.7 Å². The summed E-state index contributed by atoms with van der Waals surface area (Å²) in [7, 11) is -7.49. The molecule has 1 aromatic rings. The summed E-state index contributed by atoms with van der Waals surface area (Å²) in [4.78, 5) is 11.8. The number of aliphatic carboxylic acids is 1. The van der Waals surface area contributed by atoms with Crippen LogP contribution in [0.2, 0.25) is 0 Å². The highest BCUT2D eigenvalue weighted by Crippen LogP contribution is 2.41. The molecule has 0 bridgehead atoms. The summed E-state index contributed by atoms with van der Waals surface area (Å²) in [6.45, 7) is 3.33. The first kappa shape index (κ1) is 19.9. The van der Waals surface area contributed by atoms with Crippen molar-refractivity contribution in [3.05, 3.63) is 35.4 Å². The van der Waals surface area contributed by atoms with Crippen molar-refractivity contribution < 1.29 is 26.7 Å². The molecule has 1 aromatic carbocycles. The van der Waals surface area contributed by atoms with Gasteiger partial charge in [0, 0.05) is 18.7 Å². The predicted octanol–water partition coefficient (Wildman–Crippen LogP) is 1.00. The Morgan fingerprint density at radius 2 is 1.76 bits per heavy atom. The molecule has 2 rings (SSSR count). The van der Waals surface area contributed by atoms with E-state index in [1.54, 1.807) is 0 Å². The van der Waals surface area contributed by atoms with Gasteiger partial charge in [0.25, 0.3) is 0 Å². The molecule has 9 heteroatoms. The third kappa shape index (κ3) is 4.39. The second-order valence-electron chi connectivity index (χ2n) is 6.87. The number of carboxylic acid groups (broad SMARTS) is 1. The maximum atomic E-state index is 12.6. The Hall–Kier alpha value is -1.45. The number of aryl methyl sites for hydroxylation is 1. The fourth-order valence-corrected chi connectivity index (χ4v) is 6.54. The van der Waals surface area contributed by atoms with Gasteiger partial charge in [0.05, 0.1) is 11.5 Å². The van der Waals surface area contributed by atoms with Gasteiger partial charge in [0.15, 0.2) is 0 Å². The molecule has 0 saturated carbocycles. The van der Waals surface area contributed by atoms with Crippen LogP contribution in [0.4, 0.5) is 0 Å². The van der Waals surface area contributed by atoms with Gasteiger partial charge < -0.3 is 5.11 Å². The fourth-order valence-electron chi connectivity index (χ4n) is 3.09. The lowest BCUT2D eigenvalue weighted by Crippen LogP contribution is -2.51. The van der Waals surface area contributed by atoms with Crippen LogP contribution in [0.15, 0.2) is 24.3 Å². The summed E-state index contributed by atoms with van der Waals surface area (Å²) in [6, 6.07) is 7.53. The maximum Gasteiger partial charge on any atom is 0.324 e. The monoisotopic (exact) mass is 389 g/mol. The quantitative estimate of drug-likeness (QED) is 0.777. The van der Waals surface area contributed by atoms with Crippen molar-refractivity contribution in [1.82, 2.24) is 4.31 Å². The Morgan fingerprint density at radius 1 is 1.20 bits per heavy atom. The highest BCUT2D eigenvalue weighted by atomic mass is 32.2. The topological polar surface area (TPSA) is 109 Å². The number of benzene rings is 1. The van der Waals surface area contributed by atoms with Crippen LogP contribution in [0.5, 0.6) is 0 Å². The van der Waals surface area contributed by atoms with E-state index in [1.807, 2.05) is 31.2 Å². The molecular weight excluding hydrogens is 366 g/mol. The maximum absolute atomic E-state index is 12.6. The Bertz CT molecular complexity index is 860. The van der Waals surface area contributed by atoms with Crippen molar-refractivity contribution in [1.29, 1.82) is 0 Å². The van der Waals surface area contributed by atoms with Gasteiger partial charge in [0.1, 0.15) is 15.4 Å². The number of sulfone groups is 1. The zero-order valence-corrected chi connectivity index (χ0v) is 16.1. The molecule has 140 valence electrons. The number of rotatable bonds is 6. The third-order valence-electron chi connectivity index (χ3n) is 4.64. The molecule has 0 radical (unpaired) electrons. The first-order valence-electron chi connectivity index (χ1n) is 7.83. The highest BCUT2D eigenvalue weighted by molar-refractivity contribution is 7.93. The average Bonchev–Trinajstić information content (AvgIpc) is 2.86. The second-order valence-corrected chi connectivity index (χ2v) is 11.1. The normalized spacial score (nSPS) is 25.2. The molecule has 1 saturated heterocycles. The zero-order valence-electron chi connectivity index (χ0n) is 14.5. The minimum atomic E-state index is -4.02. The van der Waals surface area contributed by atoms with Crippen molar-refractivity contribution in [3.63, 3.8) is 0 Å². The minimum absolute atomic E-state index is 0.0258. The van der Waals surface area contributed by atoms with Gasteiger partial charge in [-0.2, -0.15) is 4.31 Å². The van der Waals surface area contributed by atoms with E-state index in [2.05, 4.69) is 0 Å². The first-order valence-corrected chi connectivity index (χ1v) is 11.5. The van der Waals surface area contributed by atoms with E-state index in [-0.39, 0.29) is 18.9 Å². The van der Waals surface area contributed by atoms with Crippen LogP contribution in [-0.4, -0.2) is 62.1 Å². The number of hydrogen-bond acceptors (Lipinski definition) is 5. The number of carbonyl (C=O) groups is 1. The predicted molar refractivity (Wildman–Crippen MR) is 94.8 cm³/mol. The molecule has 1 N–H and O–H groups in total. The summed E-state index contributed by atoms with van der Waals surface area (Å²) in [5.74, 6) is -2.63. The highest BCUT2D eigenvalue weighted by Gasteiger charge is 2.53. The van der Waals surface area contributed by atoms with Gasteiger partial charge in [-0.15, -0.1) is 0 Å². The Morgan fingerprint density at radius 3 is 2.24 bits per heavy atom. The van der Waals surface area contributed by atoms with Gasteiger partial charge in [0.2, 0.25) is 10.0 Å². The van der Waals surface area contributed by atoms with Gasteiger partial charge in [-0.3, -0.25) is 4.79 Å². The lowest BCUT2D eigenvalue weighted by molar-refractivity contribution is -0.146. The van der Waals surface area contributed by atoms with Crippen molar-refractivity contribution >= 4 is 25.8 Å². The van der Waals surface area contributed by atoms with E-state index in [0.717, 1.165) is 21.7 Å². The smallest absolute Gasteiger partial charge is 0.324 e. The SMILES string of the molecule is Cc1ccc(C2CN(S(=O)(=O)CCS(C)(=O)=O)C(C)(C(=O)O)C2)cc1. The number of sulfonamides is 1. The Balaban J connectivity index is 2.34. The van der Waals surface area contributed by atoms with Gasteiger partial charge in [-0.1, -0.05) is 29.8 Å². The molecule has 25 heavy (non-hydrogen) atoms. The van der Waals surface area contributed by atoms with Crippen molar-refractivity contribution in [2.24, 2.45) is 0 Å². The first-order chi connectivity index (χ1) is 11.3. The second kappa shape index (κ2) is 6.69. The molecule has 1 aliphatic rings. The summed E-state index contributed by atoms with van der Waals surface area (Å²) in [6.07, 6.45) is 1.10. The average molecular weight is 389 g/mol. The molecule has 1 heterocycles. The van der Waals surface area contributed by atoms with E-state index < -0.39 is 42.9 Å². The fraction of sp³-hybridized carbons (Fsp3) is 0.562. The Labute approximate surface area is 148 Å². The van der Waals surface area contributed by atoms with E-state index in [1.165, 1.54) is 6.92 Å². The lowest BCUT2D eigenvalue weighted by atomic mass is 9.90. The van der Waals surface area contributed by atoms with E-state index in [4.69, 9.17) is 0 Å². The molecular formula is C16H23NO6S2. The molecule has 0 spiro atoms. The number of hydrogen-bond donors (Lipinski definition) is 1. The minimum Gasteiger partial charge on any atom is -0.480 e.